The summed E-state index contributed by atoms with van der Waals surface area (Å²) in [4.78, 5) is 29.0. The van der Waals surface area contributed by atoms with Crippen LogP contribution in [0.1, 0.15) is 29.8 Å². The van der Waals surface area contributed by atoms with Crippen LogP contribution in [0.2, 0.25) is 10.2 Å². The molecule has 1 amide bonds. The van der Waals surface area contributed by atoms with Crippen LogP contribution in [0.4, 0.5) is 0 Å². The maximum absolute atomic E-state index is 13.0. The van der Waals surface area contributed by atoms with Crippen LogP contribution >= 0.6 is 23.2 Å². The molecule has 2 aromatic carbocycles. The maximum Gasteiger partial charge on any atom is 0.330 e. The third-order valence-corrected chi connectivity index (χ3v) is 5.17. The van der Waals surface area contributed by atoms with Gasteiger partial charge in [0, 0.05) is 17.1 Å². The highest BCUT2D eigenvalue weighted by Gasteiger charge is 2.32. The van der Waals surface area contributed by atoms with Gasteiger partial charge in [0.15, 0.2) is 0 Å². The zero-order chi connectivity index (χ0) is 21.9. The van der Waals surface area contributed by atoms with Gasteiger partial charge in [0.05, 0.1) is 17.7 Å². The molecule has 1 heterocycles. The van der Waals surface area contributed by atoms with Crippen molar-refractivity contribution in [3.8, 4) is 5.75 Å². The number of carbonyl (C=O) groups is 2. The lowest BCUT2D eigenvalue weighted by Crippen LogP contribution is -2.50. The second-order valence-corrected chi connectivity index (χ2v) is 7.90. The molecule has 1 aromatic heterocycles. The lowest BCUT2D eigenvalue weighted by molar-refractivity contribution is -0.146. The zero-order valence-electron chi connectivity index (χ0n) is 16.7. The minimum Gasteiger partial charge on any atom is -0.487 e. The summed E-state index contributed by atoms with van der Waals surface area (Å²) in [6.07, 6.45) is 1.56. The Morgan fingerprint density at radius 1 is 1.13 bits per heavy atom. The number of carbonyl (C=O) groups excluding carboxylic acids is 2. The van der Waals surface area contributed by atoms with E-state index in [9.17, 15) is 9.59 Å². The summed E-state index contributed by atoms with van der Waals surface area (Å²) in [5, 5.41) is 4.88. The lowest BCUT2D eigenvalue weighted by Gasteiger charge is -2.24. The largest absolute Gasteiger partial charge is 0.487 e. The third kappa shape index (κ3) is 4.66. The van der Waals surface area contributed by atoms with Crippen molar-refractivity contribution >= 4 is 45.9 Å². The Hall–Kier alpha value is -2.83. The van der Waals surface area contributed by atoms with Crippen LogP contribution in [0.5, 0.6) is 5.75 Å². The molecular weight excluding hydrogens is 427 g/mol. The van der Waals surface area contributed by atoms with E-state index in [1.807, 2.05) is 30.3 Å². The van der Waals surface area contributed by atoms with Crippen molar-refractivity contribution in [2.75, 3.05) is 7.11 Å². The molecule has 3 aromatic rings. The van der Waals surface area contributed by atoms with Crippen molar-refractivity contribution in [2.24, 2.45) is 0 Å². The summed E-state index contributed by atoms with van der Waals surface area (Å²) < 4.78 is 10.8. The topological polar surface area (TPSA) is 77.5 Å². The molecule has 6 nitrogen and oxygen atoms in total. The molecule has 0 unspecified atom stereocenters. The van der Waals surface area contributed by atoms with E-state index in [0.29, 0.717) is 21.9 Å². The van der Waals surface area contributed by atoms with E-state index in [1.165, 1.54) is 7.11 Å². The summed E-state index contributed by atoms with van der Waals surface area (Å²) in [7, 11) is 1.27. The number of nitrogens with one attached hydrogen (secondary N) is 1. The molecule has 0 saturated heterocycles. The molecule has 0 fully saturated rings. The Morgan fingerprint density at radius 3 is 2.57 bits per heavy atom. The number of pyridine rings is 1. The van der Waals surface area contributed by atoms with Crippen molar-refractivity contribution < 1.29 is 19.1 Å². The van der Waals surface area contributed by atoms with Crippen molar-refractivity contribution in [2.45, 2.75) is 26.0 Å². The van der Waals surface area contributed by atoms with Crippen LogP contribution in [0.15, 0.2) is 48.7 Å². The van der Waals surface area contributed by atoms with Crippen LogP contribution in [-0.2, 0) is 16.1 Å². The number of rotatable bonds is 6. The van der Waals surface area contributed by atoms with E-state index in [4.69, 9.17) is 32.7 Å². The fourth-order valence-corrected chi connectivity index (χ4v) is 3.22. The molecule has 3 rings (SSSR count). The zero-order valence-corrected chi connectivity index (χ0v) is 18.2. The van der Waals surface area contributed by atoms with E-state index in [1.54, 1.807) is 32.2 Å². The molecule has 0 aliphatic rings. The maximum atomic E-state index is 13.0. The smallest absolute Gasteiger partial charge is 0.330 e. The molecule has 0 spiro atoms. The van der Waals surface area contributed by atoms with E-state index >= 15 is 0 Å². The van der Waals surface area contributed by atoms with E-state index in [0.717, 1.165) is 10.8 Å². The normalized spacial score (nSPS) is 11.2. The van der Waals surface area contributed by atoms with Crippen molar-refractivity contribution in [1.29, 1.82) is 0 Å². The minimum atomic E-state index is -1.21. The number of hydrogen-bond acceptors (Lipinski definition) is 5. The summed E-state index contributed by atoms with van der Waals surface area (Å²) in [5.41, 5.74) is -0.222. The molecule has 0 saturated carbocycles. The van der Waals surface area contributed by atoms with Crippen LogP contribution in [-0.4, -0.2) is 29.5 Å². The predicted octanol–water partition coefficient (Wildman–Crippen LogP) is 4.80. The summed E-state index contributed by atoms with van der Waals surface area (Å²) >= 11 is 11.9. The van der Waals surface area contributed by atoms with Crippen LogP contribution in [0.3, 0.4) is 0 Å². The number of aromatic nitrogens is 1. The first-order chi connectivity index (χ1) is 14.2. The number of benzene rings is 2. The number of hydrogen-bond donors (Lipinski definition) is 1. The summed E-state index contributed by atoms with van der Waals surface area (Å²) in [5.74, 6) is -0.628. The number of ether oxygens (including phenoxy) is 2. The van der Waals surface area contributed by atoms with Gasteiger partial charge in [-0.3, -0.25) is 4.79 Å². The standard InChI is InChI=1S/C22H20Cl2N2O4/c1-22(2,21(28)29-3)26-20(27)16-9-8-14-6-4-5-7-15(14)18(16)30-12-13-10-17(23)19(24)25-11-13/h4-11H,12H2,1-3H3,(H,26,27). The van der Waals surface area contributed by atoms with E-state index in [-0.39, 0.29) is 11.8 Å². The Balaban J connectivity index is 1.97. The van der Waals surface area contributed by atoms with Gasteiger partial charge < -0.3 is 14.8 Å². The van der Waals surface area contributed by atoms with Gasteiger partial charge >= 0.3 is 5.97 Å². The highest BCUT2D eigenvalue weighted by atomic mass is 35.5. The van der Waals surface area contributed by atoms with E-state index in [2.05, 4.69) is 10.3 Å². The summed E-state index contributed by atoms with van der Waals surface area (Å²) in [6, 6.07) is 12.7. The highest BCUT2D eigenvalue weighted by Crippen LogP contribution is 2.31. The Kier molecular flexibility index (Phi) is 6.48. The predicted molar refractivity (Wildman–Crippen MR) is 116 cm³/mol. The molecule has 156 valence electrons. The molecule has 1 N–H and O–H groups in total. The molecule has 30 heavy (non-hydrogen) atoms. The lowest BCUT2D eigenvalue weighted by atomic mass is 10.0. The molecule has 0 aliphatic carbocycles. The minimum absolute atomic E-state index is 0.124. The second kappa shape index (κ2) is 8.90. The Bertz CT molecular complexity index is 1120. The van der Waals surface area contributed by atoms with Gasteiger partial charge in [-0.2, -0.15) is 0 Å². The SMILES string of the molecule is COC(=O)C(C)(C)NC(=O)c1ccc2ccccc2c1OCc1cnc(Cl)c(Cl)c1. The number of nitrogens with zero attached hydrogens (tertiary/aromatic N) is 1. The van der Waals surface area contributed by atoms with Crippen LogP contribution < -0.4 is 10.1 Å². The Labute approximate surface area is 184 Å². The van der Waals surface area contributed by atoms with Crippen molar-refractivity contribution in [1.82, 2.24) is 10.3 Å². The van der Waals surface area contributed by atoms with E-state index < -0.39 is 17.4 Å². The number of amides is 1. The number of halogens is 2. The Morgan fingerprint density at radius 2 is 1.87 bits per heavy atom. The molecule has 0 bridgehead atoms. The van der Waals surface area contributed by atoms with Gasteiger partial charge in [0.1, 0.15) is 23.0 Å². The molecule has 0 aliphatic heterocycles. The van der Waals surface area contributed by atoms with Gasteiger partial charge in [-0.05, 0) is 31.4 Å². The first-order valence-electron chi connectivity index (χ1n) is 9.08. The fourth-order valence-electron chi connectivity index (χ4n) is 2.93. The molecule has 8 heteroatoms. The fraction of sp³-hybridized carbons (Fsp3) is 0.227. The molecule has 0 radical (unpaired) electrons. The van der Waals surface area contributed by atoms with Gasteiger partial charge in [-0.1, -0.05) is 53.5 Å². The first kappa shape index (κ1) is 21.9. The van der Waals surface area contributed by atoms with Gasteiger partial charge in [-0.25, -0.2) is 9.78 Å². The number of methoxy groups -OCH3 is 1. The van der Waals surface area contributed by atoms with Crippen molar-refractivity contribution in [3.63, 3.8) is 0 Å². The third-order valence-electron chi connectivity index (χ3n) is 4.48. The van der Waals surface area contributed by atoms with Gasteiger partial charge in [0.2, 0.25) is 0 Å². The first-order valence-corrected chi connectivity index (χ1v) is 9.84. The monoisotopic (exact) mass is 446 g/mol. The molecule has 0 atom stereocenters. The van der Waals surface area contributed by atoms with Crippen LogP contribution in [0, 0.1) is 0 Å². The average molecular weight is 447 g/mol. The van der Waals surface area contributed by atoms with Gasteiger partial charge in [-0.15, -0.1) is 0 Å². The number of fused-ring (bicyclic) bond motifs is 1. The average Bonchev–Trinajstić information content (AvgIpc) is 2.73. The highest BCUT2D eigenvalue weighted by molar-refractivity contribution is 6.41. The number of esters is 1. The van der Waals surface area contributed by atoms with Crippen LogP contribution in [0.25, 0.3) is 10.8 Å². The second-order valence-electron chi connectivity index (χ2n) is 7.14. The summed E-state index contributed by atoms with van der Waals surface area (Å²) in [6.45, 7) is 3.26. The molecular formula is C22H20Cl2N2O4. The van der Waals surface area contributed by atoms with Gasteiger partial charge in [0.25, 0.3) is 5.91 Å². The quantitative estimate of drug-likeness (QED) is 0.434. The van der Waals surface area contributed by atoms with Crippen molar-refractivity contribution in [3.05, 3.63) is 70.0 Å².